The maximum atomic E-state index is 12.2. The highest BCUT2D eigenvalue weighted by molar-refractivity contribution is 7.47. The van der Waals surface area contributed by atoms with Crippen LogP contribution in [0.3, 0.4) is 0 Å². The third-order valence-corrected chi connectivity index (χ3v) is 5.62. The lowest BCUT2D eigenvalue weighted by Gasteiger charge is -2.43. The molecule has 1 saturated heterocycles. The van der Waals surface area contributed by atoms with E-state index in [1.54, 1.807) is 6.92 Å². The molecule has 1 rings (SSSR count). The van der Waals surface area contributed by atoms with Gasteiger partial charge >= 0.3 is 7.82 Å². The third-order valence-electron chi connectivity index (χ3n) is 4.65. The van der Waals surface area contributed by atoms with E-state index < -0.39 is 26.3 Å². The summed E-state index contributed by atoms with van der Waals surface area (Å²) in [6, 6.07) is 0. The van der Waals surface area contributed by atoms with Crippen molar-refractivity contribution in [1.29, 1.82) is 0 Å². The van der Waals surface area contributed by atoms with Gasteiger partial charge < -0.3 is 14.4 Å². The van der Waals surface area contributed by atoms with Gasteiger partial charge in [0, 0.05) is 39.5 Å². The van der Waals surface area contributed by atoms with Crippen LogP contribution in [0.25, 0.3) is 0 Å². The zero-order valence-corrected chi connectivity index (χ0v) is 17.6. The molecule has 1 heterocycles. The lowest BCUT2D eigenvalue weighted by atomic mass is 9.89. The lowest BCUT2D eigenvalue weighted by Crippen LogP contribution is -2.55. The Morgan fingerprint density at radius 3 is 2.41 bits per heavy atom. The number of carbonyl (C=O) groups is 2. The Balaban J connectivity index is 3.29. The van der Waals surface area contributed by atoms with Crippen molar-refractivity contribution in [3.8, 4) is 0 Å². The van der Waals surface area contributed by atoms with Crippen LogP contribution in [0, 0.1) is 5.92 Å². The molecule has 0 aromatic heterocycles. The predicted octanol–water partition coefficient (Wildman–Crippen LogP) is 2.25. The van der Waals surface area contributed by atoms with Crippen LogP contribution in [0.5, 0.6) is 0 Å². The molecule has 0 saturated carbocycles. The molecular formula is C17H30NO8P. The number of hydrogen-bond acceptors (Lipinski definition) is 7. The van der Waals surface area contributed by atoms with E-state index in [9.17, 15) is 19.0 Å². The molecule has 9 nitrogen and oxygen atoms in total. The van der Waals surface area contributed by atoms with Crippen LogP contribution in [-0.4, -0.2) is 60.7 Å². The Bertz CT molecular complexity index is 608. The molecule has 1 aliphatic heterocycles. The number of ether oxygens (including phenoxy) is 2. The molecule has 5 atom stereocenters. The number of nitrogens with zero attached hydrogens (tertiary/aromatic N) is 1. The van der Waals surface area contributed by atoms with Gasteiger partial charge in [0.05, 0.1) is 0 Å². The van der Waals surface area contributed by atoms with Gasteiger partial charge in [0.2, 0.25) is 5.91 Å². The molecule has 0 radical (unpaired) electrons. The summed E-state index contributed by atoms with van der Waals surface area (Å²) in [5.74, 6) is -0.662. The van der Waals surface area contributed by atoms with Crippen LogP contribution in [0.1, 0.15) is 40.5 Å². The highest BCUT2D eigenvalue weighted by Crippen LogP contribution is 2.47. The van der Waals surface area contributed by atoms with Gasteiger partial charge in [-0.1, -0.05) is 13.3 Å². The number of Topliss-reactive ketones (excluding diaryl/α,β-unsaturated/α-hetero) is 1. The van der Waals surface area contributed by atoms with Gasteiger partial charge in [-0.25, -0.2) is 4.57 Å². The second kappa shape index (κ2) is 10.5. The highest BCUT2D eigenvalue weighted by atomic mass is 31.2. The number of carbonyl (C=O) groups excluding carboxylic acids is 2. The fraction of sp³-hybridized carbons (Fsp3) is 0.765. The first-order valence-corrected chi connectivity index (χ1v) is 10.3. The quantitative estimate of drug-likeness (QED) is 0.352. The Hall–Kier alpha value is -1.09. The van der Waals surface area contributed by atoms with E-state index in [0.717, 1.165) is 7.11 Å². The number of phosphoric ester groups is 1. The molecule has 1 aliphatic rings. The van der Waals surface area contributed by atoms with E-state index >= 15 is 0 Å². The summed E-state index contributed by atoms with van der Waals surface area (Å²) in [6.45, 7) is 6.62. The molecule has 156 valence electrons. The maximum Gasteiger partial charge on any atom is 0.472 e. The van der Waals surface area contributed by atoms with Gasteiger partial charge in [-0.05, 0) is 26.2 Å². The normalized spacial score (nSPS) is 26.9. The van der Waals surface area contributed by atoms with Crippen molar-refractivity contribution in [2.24, 2.45) is 5.92 Å². The molecule has 1 N–H and O–H groups in total. The summed E-state index contributed by atoms with van der Waals surface area (Å²) < 4.78 is 33.2. The number of amides is 1. The first kappa shape index (κ1) is 23.9. The standard InChI is InChI=1S/C17H30NO8P/c1-7-14-8-9-25-16(15(14)26-27(21,22)24-6)17(23-5)18(13(4)20)10-11(2)12(3)19/h10,14-17H,7-9H2,1-6H3,(H,21,22)/b11-10-/t14-,15?,16?,17-/m1/s1. The summed E-state index contributed by atoms with van der Waals surface area (Å²) in [6.07, 6.45) is 0.0614. The summed E-state index contributed by atoms with van der Waals surface area (Å²) in [7, 11) is -1.82. The van der Waals surface area contributed by atoms with Crippen LogP contribution >= 0.6 is 7.82 Å². The monoisotopic (exact) mass is 407 g/mol. The molecule has 0 spiro atoms. The van der Waals surface area contributed by atoms with Crippen molar-refractivity contribution < 1.29 is 37.6 Å². The topological polar surface area (TPSA) is 112 Å². The van der Waals surface area contributed by atoms with Gasteiger partial charge in [-0.3, -0.25) is 23.5 Å². The van der Waals surface area contributed by atoms with Gasteiger partial charge in [-0.15, -0.1) is 0 Å². The zero-order valence-electron chi connectivity index (χ0n) is 16.7. The molecule has 27 heavy (non-hydrogen) atoms. The molecule has 0 aliphatic carbocycles. The van der Waals surface area contributed by atoms with E-state index in [4.69, 9.17) is 14.0 Å². The fourth-order valence-electron chi connectivity index (χ4n) is 2.96. The number of hydrogen-bond donors (Lipinski definition) is 1. The molecule has 1 amide bonds. The van der Waals surface area contributed by atoms with Crippen molar-refractivity contribution >= 4 is 19.5 Å². The lowest BCUT2D eigenvalue weighted by molar-refractivity contribution is -0.190. The molecule has 0 aromatic carbocycles. The van der Waals surface area contributed by atoms with E-state index in [1.807, 2.05) is 6.92 Å². The van der Waals surface area contributed by atoms with Crippen LogP contribution in [0.4, 0.5) is 0 Å². The molecule has 0 bridgehead atoms. The summed E-state index contributed by atoms with van der Waals surface area (Å²) in [5.41, 5.74) is 0.359. The minimum Gasteiger partial charge on any atom is -0.371 e. The van der Waals surface area contributed by atoms with Gasteiger partial charge in [-0.2, -0.15) is 0 Å². The minimum atomic E-state index is -4.29. The SMILES string of the molecule is CC[C@@H]1CCOC([C@@H](OC)N(/C=C(/C)C(C)=O)C(C)=O)C1OP(=O)(O)OC. The average molecular weight is 407 g/mol. The number of phosphoric acid groups is 1. The van der Waals surface area contributed by atoms with Gasteiger partial charge in [0.25, 0.3) is 0 Å². The highest BCUT2D eigenvalue weighted by Gasteiger charge is 2.45. The van der Waals surface area contributed by atoms with Crippen molar-refractivity contribution in [2.75, 3.05) is 20.8 Å². The minimum absolute atomic E-state index is 0.0938. The Kier molecular flexibility index (Phi) is 9.27. The largest absolute Gasteiger partial charge is 0.472 e. The number of methoxy groups -OCH3 is 1. The maximum absolute atomic E-state index is 12.2. The number of rotatable bonds is 9. The number of allylic oxidation sites excluding steroid dienone is 1. The van der Waals surface area contributed by atoms with E-state index in [2.05, 4.69) is 4.52 Å². The molecule has 0 aromatic rings. The van der Waals surface area contributed by atoms with Crippen molar-refractivity contribution in [3.63, 3.8) is 0 Å². The molecule has 10 heteroatoms. The predicted molar refractivity (Wildman–Crippen MR) is 97.6 cm³/mol. The second-order valence-electron chi connectivity index (χ2n) is 6.43. The number of ketones is 1. The average Bonchev–Trinajstić information content (AvgIpc) is 2.61. The van der Waals surface area contributed by atoms with Crippen molar-refractivity contribution in [2.45, 2.75) is 59.0 Å². The van der Waals surface area contributed by atoms with E-state index in [0.29, 0.717) is 25.0 Å². The van der Waals surface area contributed by atoms with Gasteiger partial charge in [0.1, 0.15) is 12.2 Å². The van der Waals surface area contributed by atoms with Gasteiger partial charge in [0.15, 0.2) is 12.0 Å². The summed E-state index contributed by atoms with van der Waals surface area (Å²) in [5, 5.41) is 0. The summed E-state index contributed by atoms with van der Waals surface area (Å²) in [4.78, 5) is 34.8. The van der Waals surface area contributed by atoms with E-state index in [1.165, 1.54) is 32.1 Å². The zero-order chi connectivity index (χ0) is 20.8. The van der Waals surface area contributed by atoms with Crippen LogP contribution < -0.4 is 0 Å². The Labute approximate surface area is 160 Å². The molecule has 1 fully saturated rings. The van der Waals surface area contributed by atoms with Crippen molar-refractivity contribution in [1.82, 2.24) is 4.90 Å². The summed E-state index contributed by atoms with van der Waals surface area (Å²) >= 11 is 0. The molecular weight excluding hydrogens is 377 g/mol. The molecule has 3 unspecified atom stereocenters. The Morgan fingerprint density at radius 1 is 1.33 bits per heavy atom. The third kappa shape index (κ3) is 6.48. The van der Waals surface area contributed by atoms with Crippen molar-refractivity contribution in [3.05, 3.63) is 11.8 Å². The first-order valence-electron chi connectivity index (χ1n) is 8.77. The Morgan fingerprint density at radius 2 is 1.96 bits per heavy atom. The van der Waals surface area contributed by atoms with E-state index in [-0.39, 0.29) is 17.6 Å². The first-order chi connectivity index (χ1) is 12.6. The van der Waals surface area contributed by atoms with Crippen LogP contribution in [0.15, 0.2) is 11.8 Å². The fourth-order valence-corrected chi connectivity index (χ4v) is 3.64. The van der Waals surface area contributed by atoms with Crippen LogP contribution in [0.2, 0.25) is 0 Å². The smallest absolute Gasteiger partial charge is 0.371 e. The van der Waals surface area contributed by atoms with Crippen LogP contribution in [-0.2, 0) is 32.7 Å². The second-order valence-corrected chi connectivity index (χ2v) is 7.95.